The van der Waals surface area contributed by atoms with E-state index in [9.17, 15) is 24.5 Å². The third-order valence-corrected chi connectivity index (χ3v) is 10.4. The lowest BCUT2D eigenvalue weighted by molar-refractivity contribution is -0.173. The van der Waals surface area contributed by atoms with Crippen molar-refractivity contribution in [2.75, 3.05) is 0 Å². The molecule has 0 heterocycles. The number of hydrogen-bond acceptors (Lipinski definition) is 6. The summed E-state index contributed by atoms with van der Waals surface area (Å²) < 4.78 is 13.9. The molecule has 194 valence electrons. The lowest BCUT2D eigenvalue weighted by Gasteiger charge is -2.60. The topological polar surface area (TPSA) is 116 Å². The molecule has 4 aliphatic carbocycles. The molecule has 3 saturated carbocycles. The second kappa shape index (κ2) is 8.79. The molecule has 7 atom stereocenters. The van der Waals surface area contributed by atoms with Gasteiger partial charge in [0.1, 0.15) is 11.4 Å². The zero-order valence-corrected chi connectivity index (χ0v) is 21.6. The molecule has 1 aromatic rings. The van der Waals surface area contributed by atoms with Crippen LogP contribution in [-0.2, 0) is 11.4 Å². The van der Waals surface area contributed by atoms with E-state index in [4.69, 9.17) is 10.7 Å². The van der Waals surface area contributed by atoms with Crippen LogP contribution in [-0.4, -0.2) is 37.9 Å². The first-order valence-electron chi connectivity index (χ1n) is 12.7. The third-order valence-electron chi connectivity index (χ3n) is 10.0. The standard InChI is InChI=1S/C28H35FN2O4S/c1-26-11-16(13-30)22(31-18-4-6-21(29)15(9-18)14-32)10-17(26)3-5-19-20-7-8-28(35,25(34)36)27(20,2)12-23(33)24(19)26/h4,6,9-10,13,19-20,23-24,32-33,35H,3,5,7-8,11-12,14,30H2,1-2H3,(H,34,36)/t19-,20-,23-,24+,26-,27-,28-/m0/s1. The molecule has 0 unspecified atom stereocenters. The molecule has 5 N–H and O–H groups in total. The molecule has 6 nitrogen and oxygen atoms in total. The lowest BCUT2D eigenvalue weighted by atomic mass is 9.45. The Hall–Kier alpha value is -2.00. The second-order valence-corrected chi connectivity index (χ2v) is 12.0. The van der Waals surface area contributed by atoms with Gasteiger partial charge in [-0.2, -0.15) is 0 Å². The molecule has 0 spiro atoms. The van der Waals surface area contributed by atoms with Crippen LogP contribution in [0.3, 0.4) is 0 Å². The van der Waals surface area contributed by atoms with Crippen LogP contribution in [0.2, 0.25) is 0 Å². The number of allylic oxidation sites excluding steroid dienone is 3. The van der Waals surface area contributed by atoms with Crippen molar-refractivity contribution in [3.8, 4) is 0 Å². The number of carbonyl (C=O) groups is 1. The number of nitrogens with two attached hydrogens (primary N) is 1. The highest BCUT2D eigenvalue weighted by Crippen LogP contribution is 2.68. The van der Waals surface area contributed by atoms with Gasteiger partial charge in [0, 0.05) is 11.0 Å². The highest BCUT2D eigenvalue weighted by Gasteiger charge is 2.68. The van der Waals surface area contributed by atoms with Crippen LogP contribution >= 0.6 is 12.6 Å². The van der Waals surface area contributed by atoms with Crippen molar-refractivity contribution in [1.82, 2.24) is 0 Å². The first kappa shape index (κ1) is 25.6. The van der Waals surface area contributed by atoms with Gasteiger partial charge in [0.2, 0.25) is 5.12 Å². The van der Waals surface area contributed by atoms with Crippen LogP contribution in [0.15, 0.2) is 46.6 Å². The van der Waals surface area contributed by atoms with E-state index >= 15 is 0 Å². The quantitative estimate of drug-likeness (QED) is 0.392. The summed E-state index contributed by atoms with van der Waals surface area (Å²) in [5, 5.41) is 31.8. The van der Waals surface area contributed by atoms with Gasteiger partial charge in [-0.15, -0.1) is 12.6 Å². The lowest BCUT2D eigenvalue weighted by Crippen LogP contribution is -2.61. The molecule has 0 aromatic heterocycles. The monoisotopic (exact) mass is 514 g/mol. The molecule has 1 aromatic carbocycles. The summed E-state index contributed by atoms with van der Waals surface area (Å²) in [6.07, 6.45) is 6.72. The summed E-state index contributed by atoms with van der Waals surface area (Å²) in [5.41, 5.74) is 7.02. The normalized spacial score (nSPS) is 42.0. The Balaban J connectivity index is 1.52. The number of fused-ring (bicyclic) bond motifs is 5. The van der Waals surface area contributed by atoms with Crippen molar-refractivity contribution in [1.29, 1.82) is 0 Å². The zero-order valence-electron chi connectivity index (χ0n) is 20.7. The average molecular weight is 515 g/mol. The number of aliphatic hydroxyl groups excluding tert-OH is 2. The van der Waals surface area contributed by atoms with Gasteiger partial charge in [-0.3, -0.25) is 4.79 Å². The number of aliphatic imine (C=N–C) groups is 1. The minimum absolute atomic E-state index is 0.0312. The van der Waals surface area contributed by atoms with Gasteiger partial charge in [-0.25, -0.2) is 9.38 Å². The van der Waals surface area contributed by atoms with Crippen molar-refractivity contribution in [2.24, 2.45) is 39.3 Å². The molecular formula is C28H35FN2O4S. The van der Waals surface area contributed by atoms with E-state index < -0.39 is 34.7 Å². The average Bonchev–Trinajstić information content (AvgIpc) is 3.11. The molecule has 3 fully saturated rings. The zero-order chi connectivity index (χ0) is 26.0. The van der Waals surface area contributed by atoms with Gasteiger partial charge in [-0.1, -0.05) is 19.4 Å². The minimum Gasteiger partial charge on any atom is -0.404 e. The Labute approximate surface area is 216 Å². The number of rotatable bonds is 3. The summed E-state index contributed by atoms with van der Waals surface area (Å²) in [5.74, 6) is -0.205. The first-order valence-corrected chi connectivity index (χ1v) is 13.2. The second-order valence-electron chi connectivity index (χ2n) is 11.6. The molecule has 0 amide bonds. The molecule has 0 radical (unpaired) electrons. The maximum atomic E-state index is 13.9. The summed E-state index contributed by atoms with van der Waals surface area (Å²) in [4.78, 5) is 17.1. The van der Waals surface area contributed by atoms with Crippen molar-refractivity contribution < 1.29 is 24.5 Å². The van der Waals surface area contributed by atoms with Crippen molar-refractivity contribution in [3.63, 3.8) is 0 Å². The smallest absolute Gasteiger partial charge is 0.218 e. The van der Waals surface area contributed by atoms with Gasteiger partial charge in [0.05, 0.1) is 24.1 Å². The Bertz CT molecular complexity index is 1200. The van der Waals surface area contributed by atoms with Crippen molar-refractivity contribution >= 4 is 29.1 Å². The number of hydrogen-bond donors (Lipinski definition) is 5. The molecule has 36 heavy (non-hydrogen) atoms. The van der Waals surface area contributed by atoms with E-state index in [0.717, 1.165) is 24.8 Å². The molecule has 0 saturated heterocycles. The van der Waals surface area contributed by atoms with Gasteiger partial charge in [-0.05, 0) is 97.7 Å². The van der Waals surface area contributed by atoms with E-state index in [2.05, 4.69) is 25.6 Å². The highest BCUT2D eigenvalue weighted by molar-refractivity contribution is 7.96. The van der Waals surface area contributed by atoms with E-state index in [1.807, 2.05) is 6.92 Å². The fourth-order valence-electron chi connectivity index (χ4n) is 8.18. The number of nitrogens with zero attached hydrogens (tertiary/aromatic N) is 1. The Kier molecular flexibility index (Phi) is 6.26. The van der Waals surface area contributed by atoms with E-state index in [1.165, 1.54) is 17.7 Å². The van der Waals surface area contributed by atoms with Crippen molar-refractivity contribution in [3.05, 3.63) is 53.0 Å². The Morgan fingerprint density at radius 2 is 2.08 bits per heavy atom. The SMILES string of the molecule is C[C@]12CC(=CN)C(=Nc3ccc(F)c(CO)c3)C=C1CC[C@@H]1[C@@H]2[C@@H](O)C[C@@]2(C)[C@H]1CC[C@]2(O)C(=O)S. The predicted octanol–water partition coefficient (Wildman–Crippen LogP) is 3.96. The minimum atomic E-state index is -1.51. The summed E-state index contributed by atoms with van der Waals surface area (Å²) >= 11 is 4.03. The molecule has 4 aliphatic rings. The summed E-state index contributed by atoms with van der Waals surface area (Å²) in [6, 6.07) is 4.42. The number of aliphatic hydroxyl groups is 3. The Morgan fingerprint density at radius 1 is 1.33 bits per heavy atom. The van der Waals surface area contributed by atoms with Gasteiger partial charge in [0.15, 0.2) is 0 Å². The van der Waals surface area contributed by atoms with Crippen LogP contribution in [0, 0.1) is 34.4 Å². The third kappa shape index (κ3) is 3.56. The molecule has 5 rings (SSSR count). The number of thiol groups is 1. The van der Waals surface area contributed by atoms with Crippen LogP contribution < -0.4 is 5.73 Å². The summed E-state index contributed by atoms with van der Waals surface area (Å²) in [6.45, 7) is 3.73. The van der Waals surface area contributed by atoms with Crippen molar-refractivity contribution in [2.45, 2.75) is 70.7 Å². The van der Waals surface area contributed by atoms with Crippen LogP contribution in [0.1, 0.15) is 57.9 Å². The van der Waals surface area contributed by atoms with Crippen LogP contribution in [0.4, 0.5) is 10.1 Å². The number of benzene rings is 1. The molecular weight excluding hydrogens is 479 g/mol. The van der Waals surface area contributed by atoms with Gasteiger partial charge >= 0.3 is 0 Å². The largest absolute Gasteiger partial charge is 0.404 e. The Morgan fingerprint density at radius 3 is 2.75 bits per heavy atom. The van der Waals surface area contributed by atoms with E-state index in [-0.39, 0.29) is 28.7 Å². The van der Waals surface area contributed by atoms with Gasteiger partial charge < -0.3 is 21.1 Å². The maximum Gasteiger partial charge on any atom is 0.218 e. The number of carbonyl (C=O) groups excluding carboxylic acids is 1. The summed E-state index contributed by atoms with van der Waals surface area (Å²) in [7, 11) is 0. The highest BCUT2D eigenvalue weighted by atomic mass is 32.1. The fourth-order valence-corrected chi connectivity index (χ4v) is 8.55. The maximum absolute atomic E-state index is 13.9. The van der Waals surface area contributed by atoms with Crippen LogP contribution in [0.25, 0.3) is 0 Å². The predicted molar refractivity (Wildman–Crippen MR) is 139 cm³/mol. The fraction of sp³-hybridized carbons (Fsp3) is 0.571. The van der Waals surface area contributed by atoms with Crippen LogP contribution in [0.5, 0.6) is 0 Å². The molecule has 8 heteroatoms. The molecule has 0 aliphatic heterocycles. The first-order chi connectivity index (χ1) is 17.0. The van der Waals surface area contributed by atoms with E-state index in [1.54, 1.807) is 12.3 Å². The molecule has 0 bridgehead atoms. The van der Waals surface area contributed by atoms with Gasteiger partial charge in [0.25, 0.3) is 0 Å². The number of halogens is 1. The van der Waals surface area contributed by atoms with E-state index in [0.29, 0.717) is 30.7 Å².